The quantitative estimate of drug-likeness (QED) is 0.494. The zero-order chi connectivity index (χ0) is 19.5. The van der Waals surface area contributed by atoms with E-state index in [2.05, 4.69) is 108 Å². The number of hydrogen-bond donors (Lipinski definition) is 0. The zero-order valence-electron chi connectivity index (χ0n) is 16.4. The highest BCUT2D eigenvalue weighted by Gasteiger charge is 2.18. The van der Waals surface area contributed by atoms with Gasteiger partial charge in [0, 0.05) is 18.0 Å². The fraction of sp³-hybridized carbons (Fsp3) is 0.148. The third-order valence-corrected chi connectivity index (χ3v) is 5.61. The Hall–Kier alpha value is -3.39. The van der Waals surface area contributed by atoms with Crippen LogP contribution in [0.3, 0.4) is 0 Å². The Kier molecular flexibility index (Phi) is 4.83. The molecular formula is C27H24N2. The fourth-order valence-corrected chi connectivity index (χ4v) is 4.08. The lowest BCUT2D eigenvalue weighted by atomic mass is 10.1. The van der Waals surface area contributed by atoms with Crippen LogP contribution in [-0.4, -0.2) is 11.1 Å². The van der Waals surface area contributed by atoms with E-state index in [1.807, 2.05) is 0 Å². The van der Waals surface area contributed by atoms with Gasteiger partial charge in [0.05, 0.1) is 5.36 Å². The Bertz CT molecular complexity index is 1230. The first-order valence-electron chi connectivity index (χ1n) is 10.3. The van der Waals surface area contributed by atoms with Crippen LogP contribution < -0.4 is 10.6 Å². The summed E-state index contributed by atoms with van der Waals surface area (Å²) in [6.45, 7) is 0.871. The highest BCUT2D eigenvalue weighted by molar-refractivity contribution is 5.82. The molecule has 4 aromatic rings. The molecule has 0 fully saturated rings. The molecule has 0 saturated carbocycles. The SMILES string of the molecule is C1=c2cc3ccccc3cc2=NC(CCc2ccccc2)N1Cc1ccccc1. The lowest BCUT2D eigenvalue weighted by Gasteiger charge is -2.30. The Balaban J connectivity index is 1.52. The smallest absolute Gasteiger partial charge is 0.122 e. The van der Waals surface area contributed by atoms with Gasteiger partial charge in [0.15, 0.2) is 0 Å². The second kappa shape index (κ2) is 7.92. The number of aryl methyl sites for hydroxylation is 1. The minimum Gasteiger partial charge on any atom is -0.351 e. The fourth-order valence-electron chi connectivity index (χ4n) is 4.08. The molecule has 2 nitrogen and oxygen atoms in total. The van der Waals surface area contributed by atoms with E-state index in [-0.39, 0.29) is 6.17 Å². The molecule has 1 unspecified atom stereocenters. The van der Waals surface area contributed by atoms with Crippen molar-refractivity contribution in [3.8, 4) is 0 Å². The van der Waals surface area contributed by atoms with Crippen molar-refractivity contribution in [1.29, 1.82) is 0 Å². The summed E-state index contributed by atoms with van der Waals surface area (Å²) in [5, 5.41) is 4.82. The maximum absolute atomic E-state index is 5.18. The summed E-state index contributed by atoms with van der Waals surface area (Å²) in [4.78, 5) is 7.58. The van der Waals surface area contributed by atoms with Crippen molar-refractivity contribution in [3.05, 3.63) is 119 Å². The van der Waals surface area contributed by atoms with E-state index in [9.17, 15) is 0 Å². The van der Waals surface area contributed by atoms with Crippen molar-refractivity contribution in [1.82, 2.24) is 4.90 Å². The van der Waals surface area contributed by atoms with Crippen molar-refractivity contribution in [2.45, 2.75) is 25.6 Å². The van der Waals surface area contributed by atoms with Crippen LogP contribution in [0.5, 0.6) is 0 Å². The van der Waals surface area contributed by atoms with Gasteiger partial charge in [0.25, 0.3) is 0 Å². The largest absolute Gasteiger partial charge is 0.351 e. The van der Waals surface area contributed by atoms with Gasteiger partial charge in [0.1, 0.15) is 6.17 Å². The molecule has 0 radical (unpaired) electrons. The number of hydrogen-bond acceptors (Lipinski definition) is 2. The molecule has 2 heteroatoms. The summed E-state index contributed by atoms with van der Waals surface area (Å²) in [6, 6.07) is 34.4. The van der Waals surface area contributed by atoms with Gasteiger partial charge in [-0.15, -0.1) is 0 Å². The monoisotopic (exact) mass is 376 g/mol. The van der Waals surface area contributed by atoms with Gasteiger partial charge in [0.2, 0.25) is 0 Å². The molecule has 0 bridgehead atoms. The molecule has 1 heterocycles. The molecule has 142 valence electrons. The predicted octanol–water partition coefficient (Wildman–Crippen LogP) is 4.67. The van der Waals surface area contributed by atoms with Crippen LogP contribution in [-0.2, 0) is 13.0 Å². The van der Waals surface area contributed by atoms with E-state index in [1.54, 1.807) is 0 Å². The van der Waals surface area contributed by atoms with Crippen LogP contribution in [0.4, 0.5) is 0 Å². The number of fused-ring (bicyclic) bond motifs is 2. The molecule has 1 aliphatic rings. The first kappa shape index (κ1) is 17.7. The molecule has 0 aliphatic carbocycles. The van der Waals surface area contributed by atoms with Crippen LogP contribution in [0.15, 0.2) is 102 Å². The van der Waals surface area contributed by atoms with E-state index >= 15 is 0 Å². The van der Waals surface area contributed by atoms with Gasteiger partial charge < -0.3 is 4.90 Å². The van der Waals surface area contributed by atoms with Crippen LogP contribution >= 0.6 is 0 Å². The maximum Gasteiger partial charge on any atom is 0.122 e. The molecule has 1 atom stereocenters. The normalized spacial score (nSPS) is 15.4. The summed E-state index contributed by atoms with van der Waals surface area (Å²) < 4.78 is 0. The van der Waals surface area contributed by atoms with E-state index < -0.39 is 0 Å². The summed E-state index contributed by atoms with van der Waals surface area (Å²) in [5.74, 6) is 0. The molecule has 0 aromatic heterocycles. The van der Waals surface area contributed by atoms with Crippen molar-refractivity contribution in [3.63, 3.8) is 0 Å². The molecule has 1 aliphatic heterocycles. The average molecular weight is 377 g/mol. The highest BCUT2D eigenvalue weighted by atomic mass is 15.2. The van der Waals surface area contributed by atoms with E-state index in [0.717, 1.165) is 24.7 Å². The molecule has 0 N–H and O–H groups in total. The number of nitrogens with zero attached hydrogens (tertiary/aromatic N) is 2. The van der Waals surface area contributed by atoms with Crippen molar-refractivity contribution >= 4 is 17.0 Å². The average Bonchev–Trinajstić information content (AvgIpc) is 2.78. The first-order chi connectivity index (χ1) is 14.3. The summed E-state index contributed by atoms with van der Waals surface area (Å²) in [5.41, 5.74) is 2.68. The summed E-state index contributed by atoms with van der Waals surface area (Å²) >= 11 is 0. The summed E-state index contributed by atoms with van der Waals surface area (Å²) in [7, 11) is 0. The Morgan fingerprint density at radius 3 is 2.03 bits per heavy atom. The van der Waals surface area contributed by atoms with Crippen LogP contribution in [0.25, 0.3) is 17.0 Å². The number of benzene rings is 4. The van der Waals surface area contributed by atoms with Crippen molar-refractivity contribution in [2.24, 2.45) is 4.99 Å². The van der Waals surface area contributed by atoms with Gasteiger partial charge in [-0.3, -0.25) is 4.99 Å². The molecule has 5 rings (SSSR count). The second-order valence-corrected chi connectivity index (χ2v) is 7.68. The topological polar surface area (TPSA) is 15.6 Å². The minimum atomic E-state index is 0.143. The highest BCUT2D eigenvalue weighted by Crippen LogP contribution is 2.17. The standard InChI is InChI=1S/C27H24N2/c1-3-9-21(10-4-1)15-16-27-28-26-18-24-14-8-7-13-23(24)17-25(26)20-29(27)19-22-11-5-2-6-12-22/h1-14,17-18,20,27H,15-16,19H2. The molecule has 4 aromatic carbocycles. The minimum absolute atomic E-state index is 0.143. The molecule has 0 saturated heterocycles. The van der Waals surface area contributed by atoms with Crippen molar-refractivity contribution in [2.75, 3.05) is 0 Å². The molecule has 0 spiro atoms. The predicted molar refractivity (Wildman–Crippen MR) is 120 cm³/mol. The Morgan fingerprint density at radius 2 is 1.31 bits per heavy atom. The van der Waals surface area contributed by atoms with Crippen LogP contribution in [0.1, 0.15) is 17.5 Å². The van der Waals surface area contributed by atoms with Crippen LogP contribution in [0.2, 0.25) is 0 Å². The van der Waals surface area contributed by atoms with Gasteiger partial charge >= 0.3 is 0 Å². The van der Waals surface area contributed by atoms with Crippen molar-refractivity contribution < 1.29 is 0 Å². The summed E-state index contributed by atoms with van der Waals surface area (Å²) in [6.07, 6.45) is 4.47. The van der Waals surface area contributed by atoms with Gasteiger partial charge in [-0.05, 0) is 46.9 Å². The second-order valence-electron chi connectivity index (χ2n) is 7.68. The Morgan fingerprint density at radius 1 is 0.690 bits per heavy atom. The molecule has 0 amide bonds. The van der Waals surface area contributed by atoms with Gasteiger partial charge in [-0.1, -0.05) is 84.9 Å². The Labute approximate surface area is 171 Å². The molecular weight excluding hydrogens is 352 g/mol. The van der Waals surface area contributed by atoms with E-state index in [0.29, 0.717) is 0 Å². The third-order valence-electron chi connectivity index (χ3n) is 5.61. The first-order valence-corrected chi connectivity index (χ1v) is 10.3. The maximum atomic E-state index is 5.18. The van der Waals surface area contributed by atoms with E-state index in [1.165, 1.54) is 27.1 Å². The van der Waals surface area contributed by atoms with Gasteiger partial charge in [-0.2, -0.15) is 0 Å². The molecule has 29 heavy (non-hydrogen) atoms. The third kappa shape index (κ3) is 3.93. The van der Waals surface area contributed by atoms with E-state index in [4.69, 9.17) is 4.99 Å². The van der Waals surface area contributed by atoms with Crippen LogP contribution in [0, 0.1) is 0 Å². The number of rotatable bonds is 5. The lowest BCUT2D eigenvalue weighted by molar-refractivity contribution is 0.279. The lowest BCUT2D eigenvalue weighted by Crippen LogP contribution is -2.41. The van der Waals surface area contributed by atoms with Gasteiger partial charge in [-0.25, -0.2) is 0 Å². The zero-order valence-corrected chi connectivity index (χ0v) is 16.4.